The Balaban J connectivity index is 3.43. The van der Waals surface area contributed by atoms with Gasteiger partial charge in [0.2, 0.25) is 0 Å². The molecule has 0 aliphatic carbocycles. The lowest BCUT2D eigenvalue weighted by Crippen LogP contribution is -1.90. The summed E-state index contributed by atoms with van der Waals surface area (Å²) < 4.78 is 0. The second-order valence-corrected chi connectivity index (χ2v) is 3.14. The molecule has 0 saturated carbocycles. The Labute approximate surface area is 83.0 Å². The third kappa shape index (κ3) is 1.63. The number of nitro groups is 1. The van der Waals surface area contributed by atoms with Gasteiger partial charge >= 0.3 is 5.69 Å². The number of hydrogen-bond acceptors (Lipinski definition) is 2. The van der Waals surface area contributed by atoms with Crippen molar-refractivity contribution in [3.63, 3.8) is 0 Å². The van der Waals surface area contributed by atoms with E-state index in [9.17, 15) is 10.1 Å². The largest absolute Gasteiger partial charge is 0.307 e. The molecule has 0 atom stereocenters. The lowest BCUT2D eigenvalue weighted by molar-refractivity contribution is -0.384. The van der Waals surface area contributed by atoms with Crippen LogP contribution in [0, 0.1) is 10.1 Å². The van der Waals surface area contributed by atoms with Crippen molar-refractivity contribution in [2.24, 2.45) is 0 Å². The molecule has 1 aromatic carbocycles. The molecule has 6 heteroatoms. The summed E-state index contributed by atoms with van der Waals surface area (Å²) in [6.07, 6.45) is 0. The number of halogens is 3. The second kappa shape index (κ2) is 3.47. The van der Waals surface area contributed by atoms with Crippen LogP contribution < -0.4 is 0 Å². The summed E-state index contributed by atoms with van der Waals surface area (Å²) in [5, 5.41) is 10.3. The topological polar surface area (TPSA) is 43.1 Å². The predicted molar refractivity (Wildman–Crippen MR) is 48.1 cm³/mol. The molecule has 0 bridgehead atoms. The average molecular weight is 226 g/mol. The molecule has 0 heterocycles. The SMILES string of the molecule is O=[N+]([O-])c1c(Cl)ccc(Cl)c1Cl. The lowest BCUT2D eigenvalue weighted by Gasteiger charge is -1.98. The van der Waals surface area contributed by atoms with Crippen LogP contribution in [-0.2, 0) is 0 Å². The third-order valence-electron chi connectivity index (χ3n) is 1.20. The van der Waals surface area contributed by atoms with E-state index in [2.05, 4.69) is 0 Å². The van der Waals surface area contributed by atoms with Gasteiger partial charge in [-0.3, -0.25) is 10.1 Å². The van der Waals surface area contributed by atoms with Gasteiger partial charge in [0.25, 0.3) is 0 Å². The number of nitrogens with zero attached hydrogens (tertiary/aromatic N) is 1. The molecule has 0 aliphatic rings. The van der Waals surface area contributed by atoms with Crippen LogP contribution in [-0.4, -0.2) is 4.92 Å². The van der Waals surface area contributed by atoms with Crippen molar-refractivity contribution in [3.05, 3.63) is 37.3 Å². The standard InChI is InChI=1S/C6H2Cl3NO2/c7-3-1-2-4(8)6(5(3)9)10(11)12/h1-2H. The Bertz CT molecular complexity index is 340. The minimum atomic E-state index is -0.670. The van der Waals surface area contributed by atoms with Crippen molar-refractivity contribution in [1.29, 1.82) is 0 Å². The van der Waals surface area contributed by atoms with Crippen LogP contribution in [0.25, 0.3) is 0 Å². The minimum absolute atomic E-state index is 0.0191. The summed E-state index contributed by atoms with van der Waals surface area (Å²) >= 11 is 16.6. The van der Waals surface area contributed by atoms with Crippen molar-refractivity contribution in [2.45, 2.75) is 0 Å². The molecule has 0 spiro atoms. The molecule has 0 aliphatic heterocycles. The van der Waals surface area contributed by atoms with Gasteiger partial charge < -0.3 is 0 Å². The third-order valence-corrected chi connectivity index (χ3v) is 2.30. The Kier molecular flexibility index (Phi) is 2.77. The molecule has 0 aromatic heterocycles. The first kappa shape index (κ1) is 9.58. The summed E-state index contributed by atoms with van der Waals surface area (Å²) in [7, 11) is 0. The highest BCUT2D eigenvalue weighted by Crippen LogP contribution is 2.37. The maximum Gasteiger partial charge on any atom is 0.307 e. The zero-order valence-corrected chi connectivity index (χ0v) is 7.82. The van der Waals surface area contributed by atoms with Gasteiger partial charge in [0.15, 0.2) is 0 Å². The average Bonchev–Trinajstić information content (AvgIpc) is 1.97. The first-order valence-corrected chi connectivity index (χ1v) is 3.95. The Hall–Kier alpha value is -0.510. The zero-order valence-electron chi connectivity index (χ0n) is 5.55. The summed E-state index contributed by atoms with van der Waals surface area (Å²) in [5.74, 6) is 0. The highest BCUT2D eigenvalue weighted by molar-refractivity contribution is 6.45. The molecular weight excluding hydrogens is 224 g/mol. The Morgan fingerprint density at radius 1 is 1.17 bits per heavy atom. The predicted octanol–water partition coefficient (Wildman–Crippen LogP) is 3.55. The summed E-state index contributed by atoms with van der Waals surface area (Å²) in [6, 6.07) is 2.73. The molecular formula is C6H2Cl3NO2. The van der Waals surface area contributed by atoms with Crippen LogP contribution in [0.4, 0.5) is 5.69 Å². The van der Waals surface area contributed by atoms with Crippen molar-refractivity contribution < 1.29 is 4.92 Å². The molecule has 0 amide bonds. The Morgan fingerprint density at radius 2 is 1.67 bits per heavy atom. The molecule has 0 N–H and O–H groups in total. The van der Waals surface area contributed by atoms with Crippen LogP contribution in [0.2, 0.25) is 15.1 Å². The summed E-state index contributed by atoms with van der Waals surface area (Å²) in [6.45, 7) is 0. The van der Waals surface area contributed by atoms with Gasteiger partial charge in [0, 0.05) is 0 Å². The molecule has 12 heavy (non-hydrogen) atoms. The quantitative estimate of drug-likeness (QED) is 0.417. The molecule has 1 aromatic rings. The fraction of sp³-hybridized carbons (Fsp3) is 0. The van der Waals surface area contributed by atoms with Crippen molar-refractivity contribution in [2.75, 3.05) is 0 Å². The van der Waals surface area contributed by atoms with E-state index in [0.29, 0.717) is 0 Å². The Morgan fingerprint density at radius 3 is 2.08 bits per heavy atom. The first-order valence-electron chi connectivity index (χ1n) is 2.82. The normalized spacial score (nSPS) is 9.92. The van der Waals surface area contributed by atoms with Gasteiger partial charge in [0.05, 0.1) is 9.95 Å². The van der Waals surface area contributed by atoms with Crippen LogP contribution in [0.1, 0.15) is 0 Å². The summed E-state index contributed by atoms with van der Waals surface area (Å²) in [5.41, 5.74) is -0.356. The van der Waals surface area contributed by atoms with E-state index in [1.807, 2.05) is 0 Å². The molecule has 1 rings (SSSR count). The fourth-order valence-corrected chi connectivity index (χ4v) is 1.34. The van der Waals surface area contributed by atoms with Gasteiger partial charge in [-0.1, -0.05) is 34.8 Å². The fourth-order valence-electron chi connectivity index (χ4n) is 0.684. The van der Waals surface area contributed by atoms with Gasteiger partial charge in [-0.15, -0.1) is 0 Å². The molecule has 64 valence electrons. The van der Waals surface area contributed by atoms with Crippen molar-refractivity contribution in [3.8, 4) is 0 Å². The lowest BCUT2D eigenvalue weighted by atomic mass is 10.3. The zero-order chi connectivity index (χ0) is 9.30. The maximum absolute atomic E-state index is 10.4. The molecule has 0 unspecified atom stereocenters. The molecule has 0 saturated heterocycles. The number of nitro benzene ring substituents is 1. The van der Waals surface area contributed by atoms with Crippen LogP contribution >= 0.6 is 34.8 Å². The summed E-state index contributed by atoms with van der Waals surface area (Å²) in [4.78, 5) is 9.70. The van der Waals surface area contributed by atoms with Crippen molar-refractivity contribution >= 4 is 40.5 Å². The smallest absolute Gasteiger partial charge is 0.258 e. The first-order chi connectivity index (χ1) is 5.54. The van der Waals surface area contributed by atoms with E-state index in [1.165, 1.54) is 12.1 Å². The minimum Gasteiger partial charge on any atom is -0.258 e. The molecule has 3 nitrogen and oxygen atoms in total. The van der Waals surface area contributed by atoms with E-state index in [0.717, 1.165) is 0 Å². The second-order valence-electron chi connectivity index (χ2n) is 1.95. The van der Waals surface area contributed by atoms with Gasteiger partial charge in [-0.05, 0) is 12.1 Å². The van der Waals surface area contributed by atoms with E-state index in [4.69, 9.17) is 34.8 Å². The maximum atomic E-state index is 10.4. The van der Waals surface area contributed by atoms with Gasteiger partial charge in [-0.2, -0.15) is 0 Å². The van der Waals surface area contributed by atoms with Crippen LogP contribution in [0.5, 0.6) is 0 Å². The monoisotopic (exact) mass is 225 g/mol. The van der Waals surface area contributed by atoms with Gasteiger partial charge in [-0.25, -0.2) is 0 Å². The van der Waals surface area contributed by atoms with E-state index >= 15 is 0 Å². The highest BCUT2D eigenvalue weighted by Gasteiger charge is 2.19. The van der Waals surface area contributed by atoms with Crippen molar-refractivity contribution in [1.82, 2.24) is 0 Å². The van der Waals surface area contributed by atoms with E-state index in [-0.39, 0.29) is 20.8 Å². The number of hydrogen-bond donors (Lipinski definition) is 0. The molecule has 0 fully saturated rings. The van der Waals surface area contributed by atoms with Crippen LogP contribution in [0.3, 0.4) is 0 Å². The van der Waals surface area contributed by atoms with Gasteiger partial charge in [0.1, 0.15) is 10.0 Å². The van der Waals surface area contributed by atoms with Crippen LogP contribution in [0.15, 0.2) is 12.1 Å². The number of rotatable bonds is 1. The number of benzene rings is 1. The van der Waals surface area contributed by atoms with E-state index in [1.54, 1.807) is 0 Å². The highest BCUT2D eigenvalue weighted by atomic mass is 35.5. The van der Waals surface area contributed by atoms with E-state index < -0.39 is 4.92 Å². The molecule has 0 radical (unpaired) electrons.